The minimum Gasteiger partial charge on any atom is -0.456 e. The van der Waals surface area contributed by atoms with E-state index in [-0.39, 0.29) is 25.1 Å². The number of phosphoric ester groups is 1. The number of amides is 1. The van der Waals surface area contributed by atoms with Gasteiger partial charge in [-0.2, -0.15) is 0 Å². The normalized spacial score (nSPS) is 13.7. The van der Waals surface area contributed by atoms with E-state index in [1.807, 2.05) is 33.3 Å². The Morgan fingerprint density at radius 3 is 1.04 bits per heavy atom. The first-order chi connectivity index (χ1) is 39.9. The van der Waals surface area contributed by atoms with Crippen molar-refractivity contribution in [3.63, 3.8) is 0 Å². The molecule has 0 spiro atoms. The molecule has 0 rings (SSSR count). The molecule has 0 fully saturated rings. The summed E-state index contributed by atoms with van der Waals surface area (Å²) < 4.78 is 30.8. The monoisotopic (exact) mass is 1180 g/mol. The second kappa shape index (κ2) is 62.3. The predicted molar refractivity (Wildman–Crippen MR) is 356 cm³/mol. The number of likely N-dealkylation sites (N-methyl/N-ethyl adjacent to an activating group) is 1. The Bertz CT molecular complexity index is 1500. The van der Waals surface area contributed by atoms with Gasteiger partial charge in [0, 0.05) is 12.8 Å². The maximum atomic E-state index is 13.6. The molecule has 0 aromatic heterocycles. The molecule has 10 heteroatoms. The van der Waals surface area contributed by atoms with Crippen LogP contribution in [0.15, 0.2) is 36.5 Å². The third-order valence-corrected chi connectivity index (χ3v) is 17.3. The molecular weight excluding hydrogens is 1040 g/mol. The summed E-state index contributed by atoms with van der Waals surface area (Å²) in [6, 6.07) is -0.847. The van der Waals surface area contributed by atoms with Crippen LogP contribution in [0.2, 0.25) is 0 Å². The molecule has 1 amide bonds. The molecule has 0 aromatic carbocycles. The molecular formula is C72H140N2O7P+. The Balaban J connectivity index is 4.98. The number of rotatable bonds is 66. The Labute approximate surface area is 510 Å². The molecule has 9 nitrogen and oxygen atoms in total. The number of nitrogens with zero attached hydrogens (tertiary/aromatic N) is 1. The SMILES string of the molecule is CCCCCCCC/C=C/CCCCCCCCCCCCCCCCCCCC(=O)OC(/C=C\CCCCCCCCCCCC)C(COP(=O)(O)OCC[N+](C)(C)C)NC(=O)CCCCCCCCC/C=C/CCCCCCCC. The van der Waals surface area contributed by atoms with E-state index >= 15 is 0 Å². The first kappa shape index (κ1) is 80.2. The van der Waals surface area contributed by atoms with Crippen LogP contribution in [0, 0.1) is 0 Å². The van der Waals surface area contributed by atoms with Crippen LogP contribution < -0.4 is 5.32 Å². The quantitative estimate of drug-likeness (QED) is 0.0205. The van der Waals surface area contributed by atoms with Crippen molar-refractivity contribution in [1.82, 2.24) is 5.32 Å². The van der Waals surface area contributed by atoms with E-state index in [2.05, 4.69) is 50.4 Å². The lowest BCUT2D eigenvalue weighted by Crippen LogP contribution is -2.47. The van der Waals surface area contributed by atoms with E-state index < -0.39 is 20.0 Å². The number of hydrogen-bond acceptors (Lipinski definition) is 6. The van der Waals surface area contributed by atoms with Gasteiger partial charge in [-0.1, -0.05) is 302 Å². The molecule has 0 aromatic rings. The van der Waals surface area contributed by atoms with Crippen molar-refractivity contribution in [3.8, 4) is 0 Å². The summed E-state index contributed by atoms with van der Waals surface area (Å²) in [6.07, 6.45) is 77.3. The summed E-state index contributed by atoms with van der Waals surface area (Å²) in [6.45, 7) is 7.05. The number of esters is 1. The number of quaternary nitrogens is 1. The molecule has 484 valence electrons. The van der Waals surface area contributed by atoms with Crippen molar-refractivity contribution in [2.45, 2.75) is 373 Å². The predicted octanol–water partition coefficient (Wildman–Crippen LogP) is 22.6. The van der Waals surface area contributed by atoms with Gasteiger partial charge in [-0.05, 0) is 83.1 Å². The van der Waals surface area contributed by atoms with E-state index in [4.69, 9.17) is 13.8 Å². The van der Waals surface area contributed by atoms with E-state index in [0.29, 0.717) is 23.9 Å². The zero-order valence-corrected chi connectivity index (χ0v) is 56.4. The minimum atomic E-state index is -4.45. The van der Waals surface area contributed by atoms with Crippen molar-refractivity contribution in [2.75, 3.05) is 40.9 Å². The van der Waals surface area contributed by atoms with Crippen LogP contribution in [-0.2, 0) is 27.9 Å². The van der Waals surface area contributed by atoms with Crippen LogP contribution in [-0.4, -0.2) is 74.3 Å². The van der Waals surface area contributed by atoms with Crippen LogP contribution >= 0.6 is 7.82 Å². The summed E-state index contributed by atoms with van der Waals surface area (Å²) >= 11 is 0. The largest absolute Gasteiger partial charge is 0.472 e. The number of hydrogen-bond donors (Lipinski definition) is 2. The third kappa shape index (κ3) is 62.8. The van der Waals surface area contributed by atoms with Gasteiger partial charge in [-0.15, -0.1) is 0 Å². The molecule has 3 unspecified atom stereocenters. The van der Waals surface area contributed by atoms with Gasteiger partial charge in [0.05, 0.1) is 33.8 Å². The van der Waals surface area contributed by atoms with Gasteiger partial charge in [0.25, 0.3) is 0 Å². The van der Waals surface area contributed by atoms with Crippen LogP contribution in [0.3, 0.4) is 0 Å². The molecule has 0 aliphatic rings. The van der Waals surface area contributed by atoms with Gasteiger partial charge >= 0.3 is 13.8 Å². The standard InChI is InChI=1S/C72H139N2O7P/c1-7-10-13-16-19-22-25-28-30-32-33-34-35-36-37-38-39-40-41-43-45-47-50-53-56-59-62-65-72(76)81-70(63-60-57-54-51-48-27-24-21-18-15-12-9-3)69(68-80-82(77,78)79-67-66-74(4,5)6)73-71(75)64-61-58-55-52-49-46-44-42-31-29-26-23-20-17-14-11-8-2/h28-31,60,63,69-70H,7-27,32-59,61-62,64-68H2,1-6H3,(H-,73,75,77,78)/p+1/b30-28+,31-29+,63-60-. The Morgan fingerprint density at radius 2 is 0.707 bits per heavy atom. The Morgan fingerprint density at radius 1 is 0.415 bits per heavy atom. The van der Waals surface area contributed by atoms with E-state index in [1.165, 1.54) is 270 Å². The second-order valence-corrected chi connectivity index (χ2v) is 27.2. The number of nitrogens with one attached hydrogen (secondary N) is 1. The highest BCUT2D eigenvalue weighted by atomic mass is 31.2. The maximum Gasteiger partial charge on any atom is 0.472 e. The maximum absolute atomic E-state index is 13.6. The van der Waals surface area contributed by atoms with Crippen LogP contribution in [0.4, 0.5) is 0 Å². The number of carbonyl (C=O) groups excluding carboxylic acids is 2. The fourth-order valence-electron chi connectivity index (χ4n) is 10.8. The number of ether oxygens (including phenoxy) is 1. The smallest absolute Gasteiger partial charge is 0.456 e. The van der Waals surface area contributed by atoms with Gasteiger partial charge in [0.1, 0.15) is 19.3 Å². The number of allylic oxidation sites excluding steroid dienone is 5. The minimum absolute atomic E-state index is 0.0420. The molecule has 0 aliphatic carbocycles. The lowest BCUT2D eigenvalue weighted by Gasteiger charge is -2.27. The molecule has 2 N–H and O–H groups in total. The fraction of sp³-hybridized carbons (Fsp3) is 0.889. The lowest BCUT2D eigenvalue weighted by atomic mass is 10.0. The van der Waals surface area contributed by atoms with Gasteiger partial charge in [0.2, 0.25) is 5.91 Å². The van der Waals surface area contributed by atoms with E-state index in [9.17, 15) is 19.0 Å². The van der Waals surface area contributed by atoms with Crippen LogP contribution in [0.25, 0.3) is 0 Å². The van der Waals surface area contributed by atoms with Crippen LogP contribution in [0.5, 0.6) is 0 Å². The fourth-order valence-corrected chi connectivity index (χ4v) is 11.5. The highest BCUT2D eigenvalue weighted by Crippen LogP contribution is 2.43. The number of phosphoric acid groups is 1. The third-order valence-electron chi connectivity index (χ3n) is 16.3. The molecule has 0 bridgehead atoms. The molecule has 3 atom stereocenters. The number of unbranched alkanes of at least 4 members (excludes halogenated alkanes) is 46. The van der Waals surface area contributed by atoms with Crippen molar-refractivity contribution in [2.24, 2.45) is 0 Å². The van der Waals surface area contributed by atoms with Crippen molar-refractivity contribution in [1.29, 1.82) is 0 Å². The first-order valence-corrected chi connectivity index (χ1v) is 37.3. The summed E-state index contributed by atoms with van der Waals surface area (Å²) in [5.74, 6) is -0.492. The highest BCUT2D eigenvalue weighted by molar-refractivity contribution is 7.47. The van der Waals surface area contributed by atoms with Crippen molar-refractivity contribution < 1.29 is 37.3 Å². The highest BCUT2D eigenvalue weighted by Gasteiger charge is 2.30. The van der Waals surface area contributed by atoms with Gasteiger partial charge in [-0.3, -0.25) is 18.6 Å². The average Bonchev–Trinajstić information content (AvgIpc) is 3.44. The molecule has 0 saturated heterocycles. The van der Waals surface area contributed by atoms with Gasteiger partial charge in [-0.25, -0.2) is 4.57 Å². The molecule has 0 heterocycles. The molecule has 82 heavy (non-hydrogen) atoms. The van der Waals surface area contributed by atoms with Gasteiger partial charge < -0.3 is 19.4 Å². The Kier molecular flexibility index (Phi) is 60.9. The van der Waals surface area contributed by atoms with Crippen molar-refractivity contribution in [3.05, 3.63) is 36.5 Å². The molecule has 0 radical (unpaired) electrons. The lowest BCUT2D eigenvalue weighted by molar-refractivity contribution is -0.870. The average molecular weight is 1180 g/mol. The van der Waals surface area contributed by atoms with E-state index in [0.717, 1.165) is 57.8 Å². The summed E-state index contributed by atoms with van der Waals surface area (Å²) in [4.78, 5) is 37.9. The zero-order chi connectivity index (χ0) is 60.0. The zero-order valence-electron chi connectivity index (χ0n) is 55.5. The molecule has 0 aliphatic heterocycles. The number of carbonyl (C=O) groups is 2. The topological polar surface area (TPSA) is 111 Å². The van der Waals surface area contributed by atoms with E-state index in [1.54, 1.807) is 0 Å². The summed E-state index contributed by atoms with van der Waals surface area (Å²) in [5.41, 5.74) is 0. The Hall–Kier alpha value is -1.77. The summed E-state index contributed by atoms with van der Waals surface area (Å²) in [7, 11) is 1.51. The summed E-state index contributed by atoms with van der Waals surface area (Å²) in [5, 5.41) is 3.07. The molecule has 0 saturated carbocycles. The first-order valence-electron chi connectivity index (χ1n) is 35.8. The second-order valence-electron chi connectivity index (χ2n) is 25.8. The van der Waals surface area contributed by atoms with Crippen molar-refractivity contribution >= 4 is 19.7 Å². The van der Waals surface area contributed by atoms with Crippen LogP contribution in [0.1, 0.15) is 361 Å². The van der Waals surface area contributed by atoms with Gasteiger partial charge in [0.15, 0.2) is 0 Å².